The predicted molar refractivity (Wildman–Crippen MR) is 56.4 cm³/mol. The zero-order valence-corrected chi connectivity index (χ0v) is 9.63. The fourth-order valence-electron chi connectivity index (χ4n) is 0.955. The summed E-state index contributed by atoms with van der Waals surface area (Å²) in [6, 6.07) is 3.17. The number of halogens is 2. The van der Waals surface area contributed by atoms with Gasteiger partial charge in [-0.1, -0.05) is 31.9 Å². The molecule has 2 N–H and O–H groups in total. The Hall–Kier alpha value is -0.460. The van der Waals surface area contributed by atoms with Crippen LogP contribution in [0.2, 0.25) is 0 Å². The van der Waals surface area contributed by atoms with Gasteiger partial charge in [0.1, 0.15) is 0 Å². The van der Waals surface area contributed by atoms with E-state index < -0.39 is 4.92 Å². The normalized spacial score (nSPS) is 10.1. The molecule has 0 saturated heterocycles. The van der Waals surface area contributed by atoms with Gasteiger partial charge in [0.15, 0.2) is 0 Å². The summed E-state index contributed by atoms with van der Waals surface area (Å²) in [5, 5.41) is 10.6. The van der Waals surface area contributed by atoms with Crippen LogP contribution in [0.5, 0.6) is 0 Å². The van der Waals surface area contributed by atoms with Crippen LogP contribution in [0.1, 0.15) is 5.56 Å². The van der Waals surface area contributed by atoms with Gasteiger partial charge in [-0.3, -0.25) is 10.1 Å². The molecule has 1 aromatic carbocycles. The molecule has 4 nitrogen and oxygen atoms in total. The maximum Gasteiger partial charge on any atom is 0.276 e. The number of benzene rings is 1. The van der Waals surface area contributed by atoms with Gasteiger partial charge in [0.05, 0.1) is 10.5 Å². The molecule has 6 heteroatoms. The van der Waals surface area contributed by atoms with Crippen molar-refractivity contribution in [2.24, 2.45) is 5.73 Å². The van der Waals surface area contributed by atoms with Crippen molar-refractivity contribution in [3.63, 3.8) is 0 Å². The van der Waals surface area contributed by atoms with Crippen LogP contribution in [-0.4, -0.2) is 4.92 Å². The topological polar surface area (TPSA) is 69.2 Å². The SMILES string of the molecule is NCc1c(Br)cc(Br)cc1[N+](=O)[O-]. The van der Waals surface area contributed by atoms with Crippen LogP contribution < -0.4 is 5.73 Å². The molecule has 0 aliphatic carbocycles. The lowest BCUT2D eigenvalue weighted by molar-refractivity contribution is -0.385. The highest BCUT2D eigenvalue weighted by atomic mass is 79.9. The summed E-state index contributed by atoms with van der Waals surface area (Å²) in [6.45, 7) is 0.143. The minimum Gasteiger partial charge on any atom is -0.326 e. The van der Waals surface area contributed by atoms with E-state index in [1.54, 1.807) is 6.07 Å². The molecule has 1 rings (SSSR count). The average Bonchev–Trinajstić information content (AvgIpc) is 2.02. The van der Waals surface area contributed by atoms with Crippen molar-refractivity contribution in [1.82, 2.24) is 0 Å². The number of nitrogens with two attached hydrogens (primary N) is 1. The van der Waals surface area contributed by atoms with Crippen LogP contribution in [0, 0.1) is 10.1 Å². The number of nitrogens with zero attached hydrogens (tertiary/aromatic N) is 1. The first-order valence-corrected chi connectivity index (χ1v) is 4.97. The van der Waals surface area contributed by atoms with Gasteiger partial charge in [0.2, 0.25) is 0 Å². The predicted octanol–water partition coefficient (Wildman–Crippen LogP) is 2.58. The van der Waals surface area contributed by atoms with Crippen LogP contribution in [0.15, 0.2) is 21.1 Å². The Kier molecular flexibility index (Phi) is 3.40. The van der Waals surface area contributed by atoms with E-state index in [0.29, 0.717) is 14.5 Å². The summed E-state index contributed by atoms with van der Waals surface area (Å²) < 4.78 is 1.30. The van der Waals surface area contributed by atoms with Crippen LogP contribution in [-0.2, 0) is 6.54 Å². The molecule has 13 heavy (non-hydrogen) atoms. The lowest BCUT2D eigenvalue weighted by Crippen LogP contribution is -2.02. The van der Waals surface area contributed by atoms with E-state index >= 15 is 0 Å². The van der Waals surface area contributed by atoms with Crippen LogP contribution in [0.25, 0.3) is 0 Å². The molecule has 0 fully saturated rings. The molecule has 0 aliphatic rings. The average molecular weight is 310 g/mol. The minimum atomic E-state index is -0.447. The van der Waals surface area contributed by atoms with Gasteiger partial charge in [0, 0.05) is 21.6 Å². The van der Waals surface area contributed by atoms with Gasteiger partial charge in [-0.15, -0.1) is 0 Å². The van der Waals surface area contributed by atoms with E-state index in [2.05, 4.69) is 31.9 Å². The first-order chi connectivity index (χ1) is 6.06. The highest BCUT2D eigenvalue weighted by Crippen LogP contribution is 2.30. The summed E-state index contributed by atoms with van der Waals surface area (Å²) in [7, 11) is 0. The molecule has 0 atom stereocenters. The third-order valence-corrected chi connectivity index (χ3v) is 2.70. The molecule has 0 saturated carbocycles. The molecule has 0 aliphatic heterocycles. The maximum atomic E-state index is 10.6. The second kappa shape index (κ2) is 4.17. The van der Waals surface area contributed by atoms with E-state index in [4.69, 9.17) is 5.73 Å². The third-order valence-electron chi connectivity index (χ3n) is 1.54. The van der Waals surface area contributed by atoms with Gasteiger partial charge in [-0.2, -0.15) is 0 Å². The minimum absolute atomic E-state index is 0.0313. The second-order valence-electron chi connectivity index (χ2n) is 2.35. The van der Waals surface area contributed by atoms with Crippen molar-refractivity contribution in [3.8, 4) is 0 Å². The lowest BCUT2D eigenvalue weighted by Gasteiger charge is -2.03. The number of nitro benzene ring substituents is 1. The molecule has 1 aromatic rings. The van der Waals surface area contributed by atoms with E-state index in [-0.39, 0.29) is 12.2 Å². The van der Waals surface area contributed by atoms with Gasteiger partial charge in [-0.25, -0.2) is 0 Å². The van der Waals surface area contributed by atoms with E-state index in [1.165, 1.54) is 6.07 Å². The smallest absolute Gasteiger partial charge is 0.276 e. The molecule has 0 amide bonds. The van der Waals surface area contributed by atoms with Gasteiger partial charge < -0.3 is 5.73 Å². The highest BCUT2D eigenvalue weighted by molar-refractivity contribution is 9.11. The Morgan fingerprint density at radius 1 is 1.46 bits per heavy atom. The number of rotatable bonds is 2. The Morgan fingerprint density at radius 3 is 2.54 bits per heavy atom. The number of hydrogen-bond donors (Lipinski definition) is 1. The van der Waals surface area contributed by atoms with Crippen molar-refractivity contribution in [2.75, 3.05) is 0 Å². The quantitative estimate of drug-likeness (QED) is 0.674. The largest absolute Gasteiger partial charge is 0.326 e. The van der Waals surface area contributed by atoms with Crippen molar-refractivity contribution in [3.05, 3.63) is 36.8 Å². The Labute approximate surface area is 91.5 Å². The summed E-state index contributed by atoms with van der Waals surface area (Å²) in [5.74, 6) is 0. The monoisotopic (exact) mass is 308 g/mol. The summed E-state index contributed by atoms with van der Waals surface area (Å²) in [6.07, 6.45) is 0. The molecular weight excluding hydrogens is 304 g/mol. The van der Waals surface area contributed by atoms with Crippen LogP contribution in [0.4, 0.5) is 5.69 Å². The van der Waals surface area contributed by atoms with Gasteiger partial charge in [-0.05, 0) is 6.07 Å². The van der Waals surface area contributed by atoms with E-state index in [9.17, 15) is 10.1 Å². The Morgan fingerprint density at radius 2 is 2.08 bits per heavy atom. The molecule has 0 unspecified atom stereocenters. The van der Waals surface area contributed by atoms with Crippen LogP contribution >= 0.6 is 31.9 Å². The third kappa shape index (κ3) is 2.26. The Bertz CT molecular complexity index is 355. The van der Waals surface area contributed by atoms with Crippen molar-refractivity contribution in [2.45, 2.75) is 6.54 Å². The maximum absolute atomic E-state index is 10.6. The van der Waals surface area contributed by atoms with Crippen molar-refractivity contribution >= 4 is 37.5 Å². The molecule has 0 radical (unpaired) electrons. The molecule has 0 heterocycles. The van der Waals surface area contributed by atoms with Crippen LogP contribution in [0.3, 0.4) is 0 Å². The second-order valence-corrected chi connectivity index (χ2v) is 4.12. The highest BCUT2D eigenvalue weighted by Gasteiger charge is 2.16. The first kappa shape index (κ1) is 10.6. The molecule has 0 spiro atoms. The lowest BCUT2D eigenvalue weighted by atomic mass is 10.2. The Balaban J connectivity index is 3.38. The standard InChI is InChI=1S/C7H6Br2N2O2/c8-4-1-6(9)5(3-10)7(2-4)11(12)13/h1-2H,3,10H2. The fraction of sp³-hybridized carbons (Fsp3) is 0.143. The summed E-state index contributed by atoms with van der Waals surface area (Å²) in [5.41, 5.74) is 5.93. The number of hydrogen-bond acceptors (Lipinski definition) is 3. The van der Waals surface area contributed by atoms with Crippen molar-refractivity contribution in [1.29, 1.82) is 0 Å². The molecular formula is C7H6Br2N2O2. The van der Waals surface area contributed by atoms with E-state index in [0.717, 1.165) is 0 Å². The molecule has 70 valence electrons. The summed E-state index contributed by atoms with van der Waals surface area (Å²) in [4.78, 5) is 10.1. The molecule has 0 aromatic heterocycles. The van der Waals surface area contributed by atoms with Gasteiger partial charge in [0.25, 0.3) is 5.69 Å². The zero-order chi connectivity index (χ0) is 10.0. The molecule has 0 bridgehead atoms. The first-order valence-electron chi connectivity index (χ1n) is 3.38. The number of nitro groups is 1. The summed E-state index contributed by atoms with van der Waals surface area (Å²) >= 11 is 6.38. The van der Waals surface area contributed by atoms with Crippen molar-refractivity contribution < 1.29 is 4.92 Å². The fourth-order valence-corrected chi connectivity index (χ4v) is 2.32. The zero-order valence-electron chi connectivity index (χ0n) is 6.46. The van der Waals surface area contributed by atoms with E-state index in [1.807, 2.05) is 0 Å². The van der Waals surface area contributed by atoms with Gasteiger partial charge >= 0.3 is 0 Å².